The largest absolute Gasteiger partial charge is 0.389 e. The Balaban J connectivity index is 2.17. The van der Waals surface area contributed by atoms with Gasteiger partial charge in [0.15, 0.2) is 0 Å². The molecule has 1 aliphatic carbocycles. The average molecular weight is 273 g/mol. The normalized spacial score (nSPS) is 28.3. The molecule has 2 rings (SSSR count). The molecule has 0 radical (unpaired) electrons. The van der Waals surface area contributed by atoms with Crippen molar-refractivity contribution in [2.75, 3.05) is 7.11 Å². The van der Waals surface area contributed by atoms with E-state index in [2.05, 4.69) is 0 Å². The highest BCUT2D eigenvalue weighted by atomic mass is 35.5. The lowest BCUT2D eigenvalue weighted by molar-refractivity contribution is -0.0585. The summed E-state index contributed by atoms with van der Waals surface area (Å²) in [6.45, 7) is 0. The molecule has 0 aliphatic heterocycles. The lowest BCUT2D eigenvalue weighted by Gasteiger charge is -2.36. The van der Waals surface area contributed by atoms with E-state index in [0.29, 0.717) is 23.4 Å². The van der Waals surface area contributed by atoms with E-state index in [1.165, 1.54) is 6.07 Å². The minimum Gasteiger partial charge on any atom is -0.389 e. The number of hydrogen-bond acceptors (Lipinski definition) is 2. The summed E-state index contributed by atoms with van der Waals surface area (Å²) in [5, 5.41) is 10.9. The zero-order valence-corrected chi connectivity index (χ0v) is 11.2. The third-order valence-corrected chi connectivity index (χ3v) is 4.03. The number of hydrogen-bond donors (Lipinski definition) is 1. The van der Waals surface area contributed by atoms with Crippen molar-refractivity contribution >= 4 is 11.6 Å². The van der Waals surface area contributed by atoms with Gasteiger partial charge < -0.3 is 9.84 Å². The minimum absolute atomic E-state index is 0.0503. The second kappa shape index (κ2) is 5.55. The quantitative estimate of drug-likeness (QED) is 0.914. The van der Waals surface area contributed by atoms with E-state index in [1.807, 2.05) is 0 Å². The molecule has 1 aromatic carbocycles. The van der Waals surface area contributed by atoms with E-state index in [0.717, 1.165) is 12.8 Å². The highest BCUT2D eigenvalue weighted by Gasteiger charge is 2.35. The van der Waals surface area contributed by atoms with Gasteiger partial charge in [-0.3, -0.25) is 0 Å². The average Bonchev–Trinajstić information content (AvgIpc) is 2.34. The molecule has 2 unspecified atom stereocenters. The third kappa shape index (κ3) is 3.02. The standard InChI is InChI=1S/C14H18ClFO2/c1-18-10-4-3-7-14(17,8-10)9-11-12(15)5-2-6-13(11)16/h2,5-6,10,17H,3-4,7-9H2,1H3. The van der Waals surface area contributed by atoms with Crippen LogP contribution in [0.3, 0.4) is 0 Å². The van der Waals surface area contributed by atoms with Crippen molar-refractivity contribution < 1.29 is 14.2 Å². The van der Waals surface area contributed by atoms with E-state index in [1.54, 1.807) is 19.2 Å². The maximum atomic E-state index is 13.7. The molecular weight excluding hydrogens is 255 g/mol. The summed E-state index contributed by atoms with van der Waals surface area (Å²) in [4.78, 5) is 0. The van der Waals surface area contributed by atoms with Crippen LogP contribution in [-0.4, -0.2) is 23.9 Å². The monoisotopic (exact) mass is 272 g/mol. The van der Waals surface area contributed by atoms with Crippen LogP contribution in [0.2, 0.25) is 5.02 Å². The molecule has 0 saturated heterocycles. The summed E-state index contributed by atoms with van der Waals surface area (Å²) in [5.74, 6) is -0.351. The fourth-order valence-electron chi connectivity index (χ4n) is 2.68. The molecular formula is C14H18ClFO2. The Hall–Kier alpha value is -0.640. The molecule has 1 aromatic rings. The molecule has 0 amide bonds. The smallest absolute Gasteiger partial charge is 0.127 e. The van der Waals surface area contributed by atoms with Gasteiger partial charge >= 0.3 is 0 Å². The highest BCUT2D eigenvalue weighted by molar-refractivity contribution is 6.31. The molecule has 0 aromatic heterocycles. The van der Waals surface area contributed by atoms with Crippen molar-refractivity contribution in [1.82, 2.24) is 0 Å². The summed E-state index contributed by atoms with van der Waals surface area (Å²) in [6.07, 6.45) is 3.34. The van der Waals surface area contributed by atoms with Gasteiger partial charge in [-0.05, 0) is 31.4 Å². The molecule has 4 heteroatoms. The number of benzene rings is 1. The van der Waals surface area contributed by atoms with E-state index in [-0.39, 0.29) is 18.3 Å². The molecule has 100 valence electrons. The third-order valence-electron chi connectivity index (χ3n) is 3.68. The van der Waals surface area contributed by atoms with Gasteiger partial charge in [-0.25, -0.2) is 4.39 Å². The Morgan fingerprint density at radius 1 is 1.56 bits per heavy atom. The molecule has 18 heavy (non-hydrogen) atoms. The van der Waals surface area contributed by atoms with E-state index >= 15 is 0 Å². The van der Waals surface area contributed by atoms with Crippen LogP contribution in [0.25, 0.3) is 0 Å². The van der Waals surface area contributed by atoms with Crippen molar-refractivity contribution in [2.24, 2.45) is 0 Å². The maximum Gasteiger partial charge on any atom is 0.127 e. The molecule has 1 fully saturated rings. The van der Waals surface area contributed by atoms with E-state index in [4.69, 9.17) is 16.3 Å². The number of halogens is 2. The van der Waals surface area contributed by atoms with Crippen molar-refractivity contribution in [1.29, 1.82) is 0 Å². The summed E-state index contributed by atoms with van der Waals surface area (Å²) in [6, 6.07) is 4.60. The topological polar surface area (TPSA) is 29.5 Å². The van der Waals surface area contributed by atoms with Crippen LogP contribution in [0.1, 0.15) is 31.2 Å². The molecule has 0 bridgehead atoms. The second-order valence-electron chi connectivity index (χ2n) is 5.06. The Morgan fingerprint density at radius 2 is 2.33 bits per heavy atom. The number of aliphatic hydroxyl groups is 1. The minimum atomic E-state index is -0.912. The van der Waals surface area contributed by atoms with E-state index < -0.39 is 5.60 Å². The lowest BCUT2D eigenvalue weighted by atomic mass is 9.79. The van der Waals surface area contributed by atoms with Crippen LogP contribution in [-0.2, 0) is 11.2 Å². The molecule has 1 aliphatic rings. The predicted octanol–water partition coefficient (Wildman–Crippen LogP) is 3.34. The SMILES string of the molecule is COC1CCCC(O)(Cc2c(F)cccc2Cl)C1. The van der Waals surface area contributed by atoms with Crippen molar-refractivity contribution in [3.8, 4) is 0 Å². The Bertz CT molecular complexity index is 404. The Kier molecular flexibility index (Phi) is 4.25. The molecule has 2 nitrogen and oxygen atoms in total. The number of ether oxygens (including phenoxy) is 1. The van der Waals surface area contributed by atoms with Crippen molar-refractivity contribution in [3.05, 3.63) is 34.6 Å². The van der Waals surface area contributed by atoms with Crippen LogP contribution in [0.4, 0.5) is 4.39 Å². The second-order valence-corrected chi connectivity index (χ2v) is 5.46. The molecule has 1 saturated carbocycles. The zero-order valence-electron chi connectivity index (χ0n) is 10.5. The van der Waals surface area contributed by atoms with Gasteiger partial charge in [-0.2, -0.15) is 0 Å². The van der Waals surface area contributed by atoms with Gasteiger partial charge in [-0.1, -0.05) is 17.7 Å². The van der Waals surface area contributed by atoms with Crippen LogP contribution in [0, 0.1) is 5.82 Å². The van der Waals surface area contributed by atoms with Crippen LogP contribution in [0.5, 0.6) is 0 Å². The van der Waals surface area contributed by atoms with Gasteiger partial charge in [0.05, 0.1) is 11.7 Å². The van der Waals surface area contributed by atoms with Gasteiger partial charge in [0.1, 0.15) is 5.82 Å². The van der Waals surface area contributed by atoms with Crippen LogP contribution < -0.4 is 0 Å². The predicted molar refractivity (Wildman–Crippen MR) is 69.3 cm³/mol. The number of rotatable bonds is 3. The summed E-state index contributed by atoms with van der Waals surface area (Å²) >= 11 is 6.00. The first-order chi connectivity index (χ1) is 8.54. The summed E-state index contributed by atoms with van der Waals surface area (Å²) in [5.41, 5.74) is -0.511. The van der Waals surface area contributed by atoms with Crippen molar-refractivity contribution in [2.45, 2.75) is 43.8 Å². The van der Waals surface area contributed by atoms with Gasteiger partial charge in [0.25, 0.3) is 0 Å². The first-order valence-electron chi connectivity index (χ1n) is 6.22. The van der Waals surface area contributed by atoms with E-state index in [9.17, 15) is 9.50 Å². The van der Waals surface area contributed by atoms with Gasteiger partial charge in [0.2, 0.25) is 0 Å². The fraction of sp³-hybridized carbons (Fsp3) is 0.571. The Morgan fingerprint density at radius 3 is 3.00 bits per heavy atom. The van der Waals surface area contributed by atoms with Gasteiger partial charge in [-0.15, -0.1) is 0 Å². The molecule has 0 spiro atoms. The van der Waals surface area contributed by atoms with Crippen molar-refractivity contribution in [3.63, 3.8) is 0 Å². The van der Waals surface area contributed by atoms with Crippen LogP contribution >= 0.6 is 11.6 Å². The highest BCUT2D eigenvalue weighted by Crippen LogP contribution is 2.34. The first-order valence-corrected chi connectivity index (χ1v) is 6.60. The molecule has 1 N–H and O–H groups in total. The maximum absolute atomic E-state index is 13.7. The zero-order chi connectivity index (χ0) is 13.2. The Labute approximate surface area is 112 Å². The fourth-order valence-corrected chi connectivity index (χ4v) is 2.91. The van der Waals surface area contributed by atoms with Gasteiger partial charge in [0, 0.05) is 30.5 Å². The molecule has 0 heterocycles. The lowest BCUT2D eigenvalue weighted by Crippen LogP contribution is -2.40. The first kappa shape index (κ1) is 13.8. The number of methoxy groups -OCH3 is 1. The van der Waals surface area contributed by atoms with Crippen LogP contribution in [0.15, 0.2) is 18.2 Å². The molecule has 2 atom stereocenters. The summed E-state index contributed by atoms with van der Waals surface area (Å²) in [7, 11) is 1.65. The summed E-state index contributed by atoms with van der Waals surface area (Å²) < 4.78 is 19.0.